The van der Waals surface area contributed by atoms with E-state index in [2.05, 4.69) is 30.6 Å². The summed E-state index contributed by atoms with van der Waals surface area (Å²) in [6, 6.07) is 14.9. The summed E-state index contributed by atoms with van der Waals surface area (Å²) < 4.78 is 32.9. The number of anilines is 3. The normalized spacial score (nSPS) is 14.0. The van der Waals surface area contributed by atoms with Crippen LogP contribution in [-0.2, 0) is 4.74 Å². The standard InChI is InChI=1S/C30H34F2N6O2S/c1-37(2)10-11-38(3)22-4-6-25(28(17-22)33-21-8-12-40-13-9-21)30(39)34-29-26-18-23(5-7-27(26)35-36-29)41-24-15-19(31)14-20(32)16-24/h4-7,14-18,21,33H,8-13H2,1-3H3,(H2,34,35,36,39). The van der Waals surface area contributed by atoms with Crippen LogP contribution >= 0.6 is 11.8 Å². The van der Waals surface area contributed by atoms with Gasteiger partial charge in [0.1, 0.15) is 11.6 Å². The molecule has 8 nitrogen and oxygen atoms in total. The van der Waals surface area contributed by atoms with Crippen molar-refractivity contribution < 1.29 is 18.3 Å². The highest BCUT2D eigenvalue weighted by molar-refractivity contribution is 7.99. The molecule has 1 aliphatic rings. The SMILES string of the molecule is CN(C)CCN(C)c1ccc(C(=O)Nc2n[nH]c3ccc(Sc4cc(F)cc(F)c4)cc23)c(NC2CCOCC2)c1. The number of aromatic amines is 1. The minimum atomic E-state index is -0.634. The van der Waals surface area contributed by atoms with Crippen LogP contribution in [0.3, 0.4) is 0 Å². The van der Waals surface area contributed by atoms with E-state index in [1.807, 2.05) is 57.5 Å². The van der Waals surface area contributed by atoms with E-state index in [4.69, 9.17) is 4.74 Å². The number of amides is 1. The second-order valence-corrected chi connectivity index (χ2v) is 11.6. The number of nitrogens with one attached hydrogen (secondary N) is 3. The first-order valence-electron chi connectivity index (χ1n) is 13.5. The van der Waals surface area contributed by atoms with Crippen molar-refractivity contribution in [2.45, 2.75) is 28.7 Å². The number of carbonyl (C=O) groups is 1. The zero-order valence-electron chi connectivity index (χ0n) is 23.3. The Morgan fingerprint density at radius 2 is 1.76 bits per heavy atom. The molecule has 3 aromatic carbocycles. The summed E-state index contributed by atoms with van der Waals surface area (Å²) >= 11 is 1.23. The zero-order chi connectivity index (χ0) is 28.9. The van der Waals surface area contributed by atoms with E-state index in [1.54, 1.807) is 0 Å². The highest BCUT2D eigenvalue weighted by Crippen LogP contribution is 2.33. The Labute approximate surface area is 242 Å². The lowest BCUT2D eigenvalue weighted by Crippen LogP contribution is -2.30. The molecule has 3 N–H and O–H groups in total. The molecule has 1 fully saturated rings. The minimum Gasteiger partial charge on any atom is -0.381 e. The summed E-state index contributed by atoms with van der Waals surface area (Å²) in [4.78, 5) is 19.1. The van der Waals surface area contributed by atoms with Crippen LogP contribution in [0.4, 0.5) is 26.0 Å². The van der Waals surface area contributed by atoms with Crippen molar-refractivity contribution in [3.05, 3.63) is 71.8 Å². The van der Waals surface area contributed by atoms with Gasteiger partial charge in [-0.3, -0.25) is 9.89 Å². The van der Waals surface area contributed by atoms with Gasteiger partial charge in [0.05, 0.1) is 11.1 Å². The van der Waals surface area contributed by atoms with Crippen LogP contribution in [0.1, 0.15) is 23.2 Å². The van der Waals surface area contributed by atoms with Crippen molar-refractivity contribution in [3.63, 3.8) is 0 Å². The van der Waals surface area contributed by atoms with Crippen molar-refractivity contribution in [1.29, 1.82) is 0 Å². The lowest BCUT2D eigenvalue weighted by Gasteiger charge is -2.27. The van der Waals surface area contributed by atoms with Crippen LogP contribution in [0.5, 0.6) is 0 Å². The van der Waals surface area contributed by atoms with Crippen molar-refractivity contribution in [2.24, 2.45) is 0 Å². The Hall–Kier alpha value is -3.67. The predicted molar refractivity (Wildman–Crippen MR) is 160 cm³/mol. The topological polar surface area (TPSA) is 85.5 Å². The molecule has 4 aromatic rings. The maximum Gasteiger partial charge on any atom is 0.258 e. The smallest absolute Gasteiger partial charge is 0.258 e. The molecule has 0 saturated carbocycles. The number of nitrogens with zero attached hydrogens (tertiary/aromatic N) is 3. The molecule has 5 rings (SSSR count). The second kappa shape index (κ2) is 12.9. The molecule has 0 aliphatic carbocycles. The molecule has 0 radical (unpaired) electrons. The van der Waals surface area contributed by atoms with Gasteiger partial charge in [0, 0.05) is 72.0 Å². The van der Waals surface area contributed by atoms with E-state index in [0.29, 0.717) is 34.9 Å². The number of likely N-dealkylation sites (N-methyl/N-ethyl adjacent to an activating group) is 2. The number of ether oxygens (including phenoxy) is 1. The van der Waals surface area contributed by atoms with Gasteiger partial charge in [0.25, 0.3) is 5.91 Å². The van der Waals surface area contributed by atoms with E-state index in [0.717, 1.165) is 53.8 Å². The third kappa shape index (κ3) is 7.35. The van der Waals surface area contributed by atoms with Gasteiger partial charge in [-0.15, -0.1) is 0 Å². The minimum absolute atomic E-state index is 0.205. The summed E-state index contributed by atoms with van der Waals surface area (Å²) in [5.41, 5.74) is 3.01. The Morgan fingerprint density at radius 1 is 1.00 bits per heavy atom. The van der Waals surface area contributed by atoms with E-state index >= 15 is 0 Å². The number of carbonyl (C=O) groups excluding carboxylic acids is 1. The third-order valence-corrected chi connectivity index (χ3v) is 7.95. The Kier molecular flexibility index (Phi) is 9.06. The molecule has 1 amide bonds. The largest absolute Gasteiger partial charge is 0.381 e. The molecule has 1 aliphatic heterocycles. The van der Waals surface area contributed by atoms with E-state index in [1.165, 1.54) is 23.9 Å². The molecule has 41 heavy (non-hydrogen) atoms. The van der Waals surface area contributed by atoms with Crippen LogP contribution in [0, 0.1) is 11.6 Å². The molecule has 0 atom stereocenters. The molecule has 0 bridgehead atoms. The van der Waals surface area contributed by atoms with Gasteiger partial charge >= 0.3 is 0 Å². The first-order valence-corrected chi connectivity index (χ1v) is 14.3. The van der Waals surface area contributed by atoms with Crippen LogP contribution < -0.4 is 15.5 Å². The fourth-order valence-corrected chi connectivity index (χ4v) is 5.61. The van der Waals surface area contributed by atoms with Crippen LogP contribution in [0.25, 0.3) is 10.9 Å². The Morgan fingerprint density at radius 3 is 2.49 bits per heavy atom. The lowest BCUT2D eigenvalue weighted by molar-refractivity contribution is 0.0904. The number of rotatable bonds is 10. The molecule has 0 spiro atoms. The predicted octanol–water partition coefficient (Wildman–Crippen LogP) is 5.83. The molecule has 11 heteroatoms. The average Bonchev–Trinajstić information content (AvgIpc) is 3.33. The van der Waals surface area contributed by atoms with Gasteiger partial charge < -0.3 is 25.2 Å². The number of hydrogen-bond donors (Lipinski definition) is 3. The summed E-state index contributed by atoms with van der Waals surface area (Å²) in [5, 5.41) is 14.5. The summed E-state index contributed by atoms with van der Waals surface area (Å²) in [7, 11) is 6.13. The molecule has 2 heterocycles. The highest BCUT2D eigenvalue weighted by atomic mass is 32.2. The van der Waals surface area contributed by atoms with Crippen LogP contribution in [0.15, 0.2) is 64.4 Å². The fraction of sp³-hybridized carbons (Fsp3) is 0.333. The first kappa shape index (κ1) is 28.8. The third-order valence-electron chi connectivity index (χ3n) is 6.99. The number of hydrogen-bond acceptors (Lipinski definition) is 7. The van der Waals surface area contributed by atoms with E-state index < -0.39 is 11.6 Å². The monoisotopic (exact) mass is 580 g/mol. The van der Waals surface area contributed by atoms with Gasteiger partial charge in [-0.05, 0) is 75.5 Å². The fourth-order valence-electron chi connectivity index (χ4n) is 4.68. The summed E-state index contributed by atoms with van der Waals surface area (Å²) in [6.07, 6.45) is 1.73. The number of fused-ring (bicyclic) bond motifs is 1. The molecule has 1 saturated heterocycles. The van der Waals surface area contributed by atoms with Crippen molar-refractivity contribution >= 4 is 45.8 Å². The zero-order valence-corrected chi connectivity index (χ0v) is 24.2. The maximum absolute atomic E-state index is 13.7. The van der Waals surface area contributed by atoms with Crippen LogP contribution in [-0.4, -0.2) is 74.5 Å². The van der Waals surface area contributed by atoms with Crippen molar-refractivity contribution in [3.8, 4) is 0 Å². The highest BCUT2D eigenvalue weighted by Gasteiger charge is 2.20. The van der Waals surface area contributed by atoms with Gasteiger partial charge in [0.2, 0.25) is 0 Å². The van der Waals surface area contributed by atoms with E-state index in [9.17, 15) is 13.6 Å². The van der Waals surface area contributed by atoms with Gasteiger partial charge in [0.15, 0.2) is 5.82 Å². The van der Waals surface area contributed by atoms with Gasteiger partial charge in [-0.1, -0.05) is 11.8 Å². The van der Waals surface area contributed by atoms with Crippen molar-refractivity contribution in [2.75, 3.05) is 63.0 Å². The van der Waals surface area contributed by atoms with E-state index in [-0.39, 0.29) is 11.9 Å². The maximum atomic E-state index is 13.7. The quantitative estimate of drug-likeness (QED) is 0.218. The average molecular weight is 581 g/mol. The molecule has 216 valence electrons. The summed E-state index contributed by atoms with van der Waals surface area (Å²) in [6.45, 7) is 3.12. The van der Waals surface area contributed by atoms with Crippen molar-refractivity contribution in [1.82, 2.24) is 15.1 Å². The number of benzene rings is 3. The molecule has 0 unspecified atom stereocenters. The Bertz CT molecular complexity index is 1500. The molecule has 1 aromatic heterocycles. The molecular weight excluding hydrogens is 546 g/mol. The first-order chi connectivity index (χ1) is 19.7. The molecular formula is C30H34F2N6O2S. The van der Waals surface area contributed by atoms with Gasteiger partial charge in [-0.25, -0.2) is 8.78 Å². The van der Waals surface area contributed by atoms with Crippen LogP contribution in [0.2, 0.25) is 0 Å². The summed E-state index contributed by atoms with van der Waals surface area (Å²) in [5.74, 6) is -1.18. The number of H-pyrrole nitrogens is 1. The van der Waals surface area contributed by atoms with Gasteiger partial charge in [-0.2, -0.15) is 5.10 Å². The second-order valence-electron chi connectivity index (χ2n) is 10.4. The lowest BCUT2D eigenvalue weighted by atomic mass is 10.1. The number of aromatic nitrogens is 2. The number of halogens is 2. The Balaban J connectivity index is 1.39.